The third-order valence-electron chi connectivity index (χ3n) is 6.93. The molecule has 0 saturated heterocycles. The first-order valence-corrected chi connectivity index (χ1v) is 12.5. The van der Waals surface area contributed by atoms with Crippen LogP contribution in [-0.4, -0.2) is 28.4 Å². The highest BCUT2D eigenvalue weighted by molar-refractivity contribution is 5.75. The molecule has 5 nitrogen and oxygen atoms in total. The summed E-state index contributed by atoms with van der Waals surface area (Å²) in [7, 11) is 6.76. The predicted molar refractivity (Wildman–Crippen MR) is 146 cm³/mol. The zero-order valence-corrected chi connectivity index (χ0v) is 21.8. The van der Waals surface area contributed by atoms with Crippen molar-refractivity contribution < 1.29 is 23.7 Å². The van der Waals surface area contributed by atoms with E-state index in [9.17, 15) is 0 Å². The number of benzene rings is 4. The number of hydrogen-bond donors (Lipinski definition) is 0. The smallest absolute Gasteiger partial charge is 0.169 e. The third-order valence-corrected chi connectivity index (χ3v) is 6.93. The van der Waals surface area contributed by atoms with E-state index in [0.717, 1.165) is 59.4 Å². The fraction of sp³-hybridized carbons (Fsp3) is 0.250. The second-order valence-electron chi connectivity index (χ2n) is 9.13. The zero-order valence-electron chi connectivity index (χ0n) is 21.8. The second-order valence-corrected chi connectivity index (χ2v) is 9.13. The average Bonchev–Trinajstić information content (AvgIpc) is 2.95. The number of aryl methyl sites for hydroxylation is 4. The molecule has 5 heteroatoms. The summed E-state index contributed by atoms with van der Waals surface area (Å²) in [6.45, 7) is 0. The van der Waals surface area contributed by atoms with E-state index in [2.05, 4.69) is 42.5 Å². The minimum Gasteiger partial charge on any atom is -0.497 e. The molecule has 0 spiro atoms. The number of ether oxygens (including phenoxy) is 5. The topological polar surface area (TPSA) is 46.2 Å². The van der Waals surface area contributed by atoms with Crippen molar-refractivity contribution in [3.8, 4) is 45.6 Å². The van der Waals surface area contributed by atoms with E-state index in [4.69, 9.17) is 23.7 Å². The molecule has 0 saturated carbocycles. The summed E-state index contributed by atoms with van der Waals surface area (Å²) in [6.07, 6.45) is 3.38. The molecule has 4 heterocycles. The van der Waals surface area contributed by atoms with Gasteiger partial charge >= 0.3 is 0 Å². The largest absolute Gasteiger partial charge is 0.497 e. The first kappa shape index (κ1) is 24.6. The molecule has 0 unspecified atom stereocenters. The van der Waals surface area contributed by atoms with E-state index in [1.807, 2.05) is 30.3 Å². The Hall–Kier alpha value is -4.12. The summed E-state index contributed by atoms with van der Waals surface area (Å²) in [5, 5.41) is 0. The van der Waals surface area contributed by atoms with Crippen molar-refractivity contribution in [2.24, 2.45) is 0 Å². The van der Waals surface area contributed by atoms with E-state index in [1.165, 1.54) is 11.1 Å². The molecule has 8 rings (SSSR count). The molecule has 4 aliphatic rings. The van der Waals surface area contributed by atoms with Gasteiger partial charge in [0.05, 0.1) is 28.4 Å². The molecule has 37 heavy (non-hydrogen) atoms. The van der Waals surface area contributed by atoms with Gasteiger partial charge in [-0.25, -0.2) is 0 Å². The standard InChI is InChI=1S/C32H32O5/c1-33-25-12-14-26-24(20-25)11-7-23-10-16-29(31(18-23)36-4)37-32-19-22(9-15-28(32)34-2)6-5-21-8-13-27(26)30(17-21)35-3/h8-10,12-20H,5-7,11H2,1-4H3. The van der Waals surface area contributed by atoms with Crippen LogP contribution >= 0.6 is 0 Å². The van der Waals surface area contributed by atoms with Gasteiger partial charge in [-0.1, -0.05) is 30.3 Å². The Balaban J connectivity index is 1.63. The zero-order chi connectivity index (χ0) is 25.8. The van der Waals surface area contributed by atoms with Crippen LogP contribution in [0, 0.1) is 0 Å². The lowest BCUT2D eigenvalue weighted by Gasteiger charge is -2.18. The molecular formula is C32H32O5. The van der Waals surface area contributed by atoms with Gasteiger partial charge in [0.2, 0.25) is 0 Å². The lowest BCUT2D eigenvalue weighted by Crippen LogP contribution is -2.00. The van der Waals surface area contributed by atoms with Crippen LogP contribution in [0.1, 0.15) is 22.3 Å². The molecule has 4 aromatic carbocycles. The monoisotopic (exact) mass is 496 g/mol. The molecular weight excluding hydrogens is 464 g/mol. The van der Waals surface area contributed by atoms with Crippen LogP contribution in [0.2, 0.25) is 0 Å². The molecule has 0 aliphatic carbocycles. The van der Waals surface area contributed by atoms with Gasteiger partial charge in [-0.05, 0) is 96.0 Å². The Bertz CT molecular complexity index is 1410. The summed E-state index contributed by atoms with van der Waals surface area (Å²) in [5.41, 5.74) is 6.96. The van der Waals surface area contributed by atoms with Crippen molar-refractivity contribution >= 4 is 0 Å². The Morgan fingerprint density at radius 2 is 1.11 bits per heavy atom. The summed E-state index contributed by atoms with van der Waals surface area (Å²) in [4.78, 5) is 0. The normalized spacial score (nSPS) is 12.6. The predicted octanol–water partition coefficient (Wildman–Crippen LogP) is 7.06. The molecule has 190 valence electrons. The summed E-state index contributed by atoms with van der Waals surface area (Å²) in [5.74, 6) is 4.41. The van der Waals surface area contributed by atoms with Crippen molar-refractivity contribution in [3.05, 3.63) is 95.1 Å². The van der Waals surface area contributed by atoms with E-state index in [1.54, 1.807) is 28.4 Å². The van der Waals surface area contributed by atoms with Crippen LogP contribution in [0.15, 0.2) is 72.8 Å². The minimum absolute atomic E-state index is 0.657. The van der Waals surface area contributed by atoms with Gasteiger partial charge in [0.25, 0.3) is 0 Å². The van der Waals surface area contributed by atoms with Gasteiger partial charge < -0.3 is 23.7 Å². The first-order chi connectivity index (χ1) is 18.1. The van der Waals surface area contributed by atoms with E-state index < -0.39 is 0 Å². The minimum atomic E-state index is 0.657. The Kier molecular flexibility index (Phi) is 7.22. The van der Waals surface area contributed by atoms with Crippen LogP contribution in [0.3, 0.4) is 0 Å². The lowest BCUT2D eigenvalue weighted by molar-refractivity contribution is 0.356. The van der Waals surface area contributed by atoms with Crippen LogP contribution in [0.25, 0.3) is 11.1 Å². The number of methoxy groups -OCH3 is 4. The van der Waals surface area contributed by atoms with Gasteiger partial charge in [-0.15, -0.1) is 0 Å². The maximum atomic E-state index is 6.32. The molecule has 4 aliphatic heterocycles. The highest BCUT2D eigenvalue weighted by atomic mass is 16.5. The Morgan fingerprint density at radius 1 is 0.486 bits per heavy atom. The molecule has 6 bridgehead atoms. The second kappa shape index (κ2) is 10.9. The fourth-order valence-corrected chi connectivity index (χ4v) is 4.87. The van der Waals surface area contributed by atoms with Crippen LogP contribution < -0.4 is 23.7 Å². The fourth-order valence-electron chi connectivity index (χ4n) is 4.87. The van der Waals surface area contributed by atoms with E-state index in [0.29, 0.717) is 23.0 Å². The van der Waals surface area contributed by atoms with Crippen molar-refractivity contribution in [3.63, 3.8) is 0 Å². The SMILES string of the molecule is COc1ccc2c(c1)CCc1ccc(c(OC)c1)Oc1cc(ccc1OC)CCc1ccc-2c(OC)c1. The van der Waals surface area contributed by atoms with E-state index in [-0.39, 0.29) is 0 Å². The average molecular weight is 497 g/mol. The molecule has 0 fully saturated rings. The van der Waals surface area contributed by atoms with Gasteiger partial charge in [-0.3, -0.25) is 0 Å². The molecule has 0 N–H and O–H groups in total. The third kappa shape index (κ3) is 5.21. The molecule has 4 aromatic rings. The van der Waals surface area contributed by atoms with Crippen molar-refractivity contribution in [2.75, 3.05) is 28.4 Å². The molecule has 0 aromatic heterocycles. The van der Waals surface area contributed by atoms with Crippen LogP contribution in [0.5, 0.6) is 34.5 Å². The molecule has 0 radical (unpaired) electrons. The van der Waals surface area contributed by atoms with E-state index >= 15 is 0 Å². The van der Waals surface area contributed by atoms with Gasteiger partial charge in [0.1, 0.15) is 11.5 Å². The summed E-state index contributed by atoms with van der Waals surface area (Å²) in [6, 6.07) is 25.0. The molecule has 0 atom stereocenters. The van der Waals surface area contributed by atoms with Gasteiger partial charge in [0, 0.05) is 5.56 Å². The molecule has 0 amide bonds. The summed E-state index contributed by atoms with van der Waals surface area (Å²) < 4.78 is 29.0. The summed E-state index contributed by atoms with van der Waals surface area (Å²) >= 11 is 0. The van der Waals surface area contributed by atoms with Crippen molar-refractivity contribution in [1.82, 2.24) is 0 Å². The highest BCUT2D eigenvalue weighted by Crippen LogP contribution is 2.39. The lowest BCUT2D eigenvalue weighted by atomic mass is 9.92. The van der Waals surface area contributed by atoms with Crippen LogP contribution in [0.4, 0.5) is 0 Å². The van der Waals surface area contributed by atoms with Crippen molar-refractivity contribution in [2.45, 2.75) is 25.7 Å². The van der Waals surface area contributed by atoms with Gasteiger partial charge in [0.15, 0.2) is 23.0 Å². The van der Waals surface area contributed by atoms with Crippen LogP contribution in [-0.2, 0) is 25.7 Å². The Labute approximate surface area is 218 Å². The van der Waals surface area contributed by atoms with Crippen molar-refractivity contribution in [1.29, 1.82) is 0 Å². The first-order valence-electron chi connectivity index (χ1n) is 12.5. The highest BCUT2D eigenvalue weighted by Gasteiger charge is 2.16. The quantitative estimate of drug-likeness (QED) is 0.303. The van der Waals surface area contributed by atoms with Gasteiger partial charge in [-0.2, -0.15) is 0 Å². The maximum Gasteiger partial charge on any atom is 0.169 e. The Morgan fingerprint density at radius 3 is 1.84 bits per heavy atom. The number of hydrogen-bond acceptors (Lipinski definition) is 5. The number of rotatable bonds is 4. The maximum absolute atomic E-state index is 6.32.